The van der Waals surface area contributed by atoms with Crippen LogP contribution in [0, 0.1) is 0 Å². The zero-order valence-electron chi connectivity index (χ0n) is 11.0. The first-order valence-corrected chi connectivity index (χ1v) is 6.71. The minimum atomic E-state index is -4.75. The van der Waals surface area contributed by atoms with Crippen molar-refractivity contribution in [3.63, 3.8) is 0 Å². The summed E-state index contributed by atoms with van der Waals surface area (Å²) in [6.45, 7) is 1.44. The molecule has 0 spiro atoms. The van der Waals surface area contributed by atoms with Crippen molar-refractivity contribution in [1.82, 2.24) is 9.78 Å². The van der Waals surface area contributed by atoms with Crippen molar-refractivity contribution in [2.24, 2.45) is 0 Å². The van der Waals surface area contributed by atoms with Crippen LogP contribution in [0.4, 0.5) is 18.0 Å². The van der Waals surface area contributed by atoms with E-state index in [4.69, 9.17) is 0 Å². The minimum Gasteiger partial charge on any atom is -0.544 e. The number of carboxylic acid groups (broad SMARTS) is 1. The second kappa shape index (κ2) is 5.79. The van der Waals surface area contributed by atoms with E-state index < -0.39 is 23.9 Å². The van der Waals surface area contributed by atoms with Crippen LogP contribution in [-0.2, 0) is 10.9 Å². The molecule has 0 unspecified atom stereocenters. The Morgan fingerprint density at radius 3 is 2.59 bits per heavy atom. The molecule has 6 nitrogen and oxygen atoms in total. The van der Waals surface area contributed by atoms with Crippen LogP contribution in [0.15, 0.2) is 18.2 Å². The molecule has 0 radical (unpaired) electrons. The van der Waals surface area contributed by atoms with Gasteiger partial charge in [0, 0.05) is 0 Å². The van der Waals surface area contributed by atoms with E-state index in [1.54, 1.807) is 0 Å². The van der Waals surface area contributed by atoms with Gasteiger partial charge >= 0.3 is 12.3 Å². The molecule has 0 aliphatic rings. The second-order valence-corrected chi connectivity index (χ2v) is 5.06. The Morgan fingerprint density at radius 1 is 1.41 bits per heavy atom. The van der Waals surface area contributed by atoms with Gasteiger partial charge in [-0.25, -0.2) is 4.79 Å². The van der Waals surface area contributed by atoms with Crippen molar-refractivity contribution in [3.8, 4) is 10.6 Å². The van der Waals surface area contributed by atoms with Gasteiger partial charge in [-0.1, -0.05) is 0 Å². The van der Waals surface area contributed by atoms with Gasteiger partial charge in [-0.3, -0.25) is 0 Å². The molecule has 0 N–H and O–H groups in total. The maximum Gasteiger partial charge on any atom is 0.435 e. The first kappa shape index (κ1) is 16.0. The third-order valence-electron chi connectivity index (χ3n) is 2.50. The van der Waals surface area contributed by atoms with Gasteiger partial charge < -0.3 is 14.6 Å². The number of thiophene rings is 1. The number of alkyl halides is 3. The Balaban J connectivity index is 2.54. The lowest BCUT2D eigenvalue weighted by molar-refractivity contribution is -0.254. The van der Waals surface area contributed by atoms with Gasteiger partial charge in [0.05, 0.1) is 28.0 Å². The van der Waals surface area contributed by atoms with E-state index >= 15 is 0 Å². The molecular weight excluding hydrogens is 325 g/mol. The minimum absolute atomic E-state index is 0.0474. The summed E-state index contributed by atoms with van der Waals surface area (Å²) in [5, 5.41) is 13.9. The van der Waals surface area contributed by atoms with E-state index in [1.165, 1.54) is 19.1 Å². The maximum absolute atomic E-state index is 12.8. The van der Waals surface area contributed by atoms with Crippen LogP contribution in [0.5, 0.6) is 0 Å². The molecular formula is C12H8F3N2O4S-. The van der Waals surface area contributed by atoms with E-state index in [2.05, 4.69) is 9.84 Å². The predicted octanol–water partition coefficient (Wildman–Crippen LogP) is 2.00. The Morgan fingerprint density at radius 2 is 2.09 bits per heavy atom. The third-order valence-corrected chi connectivity index (χ3v) is 3.59. The normalized spacial score (nSPS) is 11.5. The van der Waals surface area contributed by atoms with Gasteiger partial charge in [-0.15, -0.1) is 11.3 Å². The van der Waals surface area contributed by atoms with Crippen LogP contribution < -0.4 is 5.11 Å². The molecule has 2 aromatic heterocycles. The number of rotatable bonds is 3. The highest BCUT2D eigenvalue weighted by Gasteiger charge is 2.36. The van der Waals surface area contributed by atoms with Crippen LogP contribution >= 0.6 is 11.3 Å². The Kier molecular flexibility index (Phi) is 4.22. The smallest absolute Gasteiger partial charge is 0.435 e. The summed E-state index contributed by atoms with van der Waals surface area (Å²) >= 11 is 0.670. The standard InChI is InChI=1S/C12H9F3N2O4S/c1-2-21-11(20)17-6(5-9(16-17)12(13,14)15)7-3-4-8(22-7)10(18)19/h3-5H,2H2,1H3,(H,18,19)/p-1. The van der Waals surface area contributed by atoms with Crippen LogP contribution in [0.25, 0.3) is 10.6 Å². The fourth-order valence-corrected chi connectivity index (χ4v) is 2.45. The maximum atomic E-state index is 12.8. The van der Waals surface area contributed by atoms with Crippen molar-refractivity contribution in [2.45, 2.75) is 13.1 Å². The molecule has 22 heavy (non-hydrogen) atoms. The largest absolute Gasteiger partial charge is 0.544 e. The number of hydrogen-bond acceptors (Lipinski definition) is 6. The highest BCUT2D eigenvalue weighted by atomic mass is 32.1. The van der Waals surface area contributed by atoms with Crippen molar-refractivity contribution in [3.05, 3.63) is 28.8 Å². The van der Waals surface area contributed by atoms with Crippen molar-refractivity contribution in [1.29, 1.82) is 0 Å². The topological polar surface area (TPSA) is 84.2 Å². The molecule has 2 heterocycles. The summed E-state index contributed by atoms with van der Waals surface area (Å²) in [7, 11) is 0. The average Bonchev–Trinajstić information content (AvgIpc) is 3.05. The lowest BCUT2D eigenvalue weighted by Gasteiger charge is -2.04. The van der Waals surface area contributed by atoms with E-state index in [0.29, 0.717) is 22.1 Å². The summed E-state index contributed by atoms with van der Waals surface area (Å²) < 4.78 is 43.3. The SMILES string of the molecule is CCOC(=O)n1nc(C(F)(F)F)cc1-c1ccc(C(=O)[O-])s1. The Hall–Kier alpha value is -2.36. The fraction of sp³-hybridized carbons (Fsp3) is 0.250. The van der Waals surface area contributed by atoms with Gasteiger partial charge in [0.15, 0.2) is 5.69 Å². The molecule has 0 amide bonds. The van der Waals surface area contributed by atoms with Crippen LogP contribution in [0.1, 0.15) is 22.3 Å². The van der Waals surface area contributed by atoms with Crippen molar-refractivity contribution < 1.29 is 32.6 Å². The Labute approximate surface area is 125 Å². The first-order chi connectivity index (χ1) is 10.2. The van der Waals surface area contributed by atoms with Crippen molar-refractivity contribution in [2.75, 3.05) is 6.61 Å². The van der Waals surface area contributed by atoms with E-state index in [-0.39, 0.29) is 22.1 Å². The predicted molar refractivity (Wildman–Crippen MR) is 67.3 cm³/mol. The zero-order chi connectivity index (χ0) is 16.5. The molecule has 10 heteroatoms. The number of carbonyl (C=O) groups excluding carboxylic acids is 2. The number of ether oxygens (including phenoxy) is 1. The molecule has 0 fully saturated rings. The Bertz CT molecular complexity index is 720. The number of halogens is 3. The third kappa shape index (κ3) is 3.11. The van der Waals surface area contributed by atoms with Gasteiger partial charge in [-0.2, -0.15) is 23.0 Å². The number of nitrogens with zero attached hydrogens (tertiary/aromatic N) is 2. The number of aromatic carboxylic acids is 1. The van der Waals surface area contributed by atoms with Crippen molar-refractivity contribution >= 4 is 23.4 Å². The molecule has 2 aromatic rings. The molecule has 0 aliphatic heterocycles. The highest BCUT2D eigenvalue weighted by Crippen LogP contribution is 2.34. The lowest BCUT2D eigenvalue weighted by Crippen LogP contribution is -2.20. The van der Waals surface area contributed by atoms with Crippen LogP contribution in [0.2, 0.25) is 0 Å². The average molecular weight is 333 g/mol. The second-order valence-electron chi connectivity index (χ2n) is 3.97. The molecule has 0 aliphatic carbocycles. The van der Waals surface area contributed by atoms with Gasteiger partial charge in [0.2, 0.25) is 0 Å². The summed E-state index contributed by atoms with van der Waals surface area (Å²) in [6.07, 6.45) is -5.84. The zero-order valence-corrected chi connectivity index (χ0v) is 11.8. The number of aromatic nitrogens is 2. The molecule has 2 rings (SSSR count). The lowest BCUT2D eigenvalue weighted by atomic mass is 10.3. The summed E-state index contributed by atoms with van der Waals surface area (Å²) in [6, 6.07) is 3.09. The molecule has 0 bridgehead atoms. The first-order valence-electron chi connectivity index (χ1n) is 5.90. The van der Waals surface area contributed by atoms with E-state index in [0.717, 1.165) is 0 Å². The van der Waals surface area contributed by atoms with Crippen LogP contribution in [-0.4, -0.2) is 28.4 Å². The van der Waals surface area contributed by atoms with Gasteiger partial charge in [-0.05, 0) is 25.1 Å². The highest BCUT2D eigenvalue weighted by molar-refractivity contribution is 7.17. The quantitative estimate of drug-likeness (QED) is 0.858. The summed E-state index contributed by atoms with van der Waals surface area (Å²) in [4.78, 5) is 22.4. The van der Waals surface area contributed by atoms with E-state index in [1.807, 2.05) is 0 Å². The molecule has 0 saturated heterocycles. The number of carbonyl (C=O) groups is 2. The van der Waals surface area contributed by atoms with E-state index in [9.17, 15) is 27.9 Å². The van der Waals surface area contributed by atoms with Gasteiger partial charge in [0.1, 0.15) is 0 Å². The van der Waals surface area contributed by atoms with Gasteiger partial charge in [0.25, 0.3) is 0 Å². The fourth-order valence-electron chi connectivity index (χ4n) is 1.60. The summed E-state index contributed by atoms with van der Waals surface area (Å²) in [5.41, 5.74) is -1.48. The molecule has 0 saturated carbocycles. The number of carboxylic acids is 1. The summed E-state index contributed by atoms with van der Waals surface area (Å²) in [5.74, 6) is -1.46. The number of hydrogen-bond donors (Lipinski definition) is 0. The molecule has 0 atom stereocenters. The monoisotopic (exact) mass is 333 g/mol. The van der Waals surface area contributed by atoms with Crippen LogP contribution in [0.3, 0.4) is 0 Å². The molecule has 0 aromatic carbocycles. The molecule has 118 valence electrons.